The third kappa shape index (κ3) is 3.57. The van der Waals surface area contributed by atoms with Crippen molar-refractivity contribution >= 4 is 16.8 Å². The van der Waals surface area contributed by atoms with Crippen LogP contribution in [0.5, 0.6) is 0 Å². The maximum Gasteiger partial charge on any atom is 0.177 e. The molecular formula is C13H11ClN2O. The average molecular weight is 247 g/mol. The molecule has 0 N–H and O–H groups in total. The Labute approximate surface area is 105 Å². The van der Waals surface area contributed by atoms with E-state index in [1.165, 1.54) is 0 Å². The molecule has 0 fully saturated rings. The Hall–Kier alpha value is -1.87. The molecule has 0 saturated carbocycles. The SMILES string of the molecule is Cl/C(=N\OCc1ccccc1)c1cccnc1. The highest BCUT2D eigenvalue weighted by molar-refractivity contribution is 6.69. The van der Waals surface area contributed by atoms with E-state index in [4.69, 9.17) is 16.4 Å². The van der Waals surface area contributed by atoms with Gasteiger partial charge in [-0.25, -0.2) is 0 Å². The van der Waals surface area contributed by atoms with Gasteiger partial charge in [-0.05, 0) is 17.7 Å². The van der Waals surface area contributed by atoms with Gasteiger partial charge in [0.1, 0.15) is 6.61 Å². The number of aromatic nitrogens is 1. The van der Waals surface area contributed by atoms with E-state index in [0.717, 1.165) is 11.1 Å². The van der Waals surface area contributed by atoms with Gasteiger partial charge < -0.3 is 4.84 Å². The molecule has 0 atom stereocenters. The van der Waals surface area contributed by atoms with E-state index < -0.39 is 0 Å². The number of nitrogens with zero attached hydrogens (tertiary/aromatic N) is 2. The maximum atomic E-state index is 5.96. The molecule has 0 unspecified atom stereocenters. The van der Waals surface area contributed by atoms with E-state index in [-0.39, 0.29) is 0 Å². The molecular weight excluding hydrogens is 236 g/mol. The second-order valence-electron chi connectivity index (χ2n) is 3.38. The van der Waals surface area contributed by atoms with Crippen molar-refractivity contribution in [2.45, 2.75) is 6.61 Å². The van der Waals surface area contributed by atoms with Crippen LogP contribution in [0.4, 0.5) is 0 Å². The number of halogens is 1. The Bertz CT molecular complexity index is 485. The van der Waals surface area contributed by atoms with Crippen molar-refractivity contribution in [3.8, 4) is 0 Å². The number of oxime groups is 1. The van der Waals surface area contributed by atoms with Gasteiger partial charge in [-0.1, -0.05) is 47.1 Å². The molecule has 2 aromatic rings. The summed E-state index contributed by atoms with van der Waals surface area (Å²) in [5.74, 6) is 0. The quantitative estimate of drug-likeness (QED) is 0.613. The summed E-state index contributed by atoms with van der Waals surface area (Å²) in [5.41, 5.74) is 1.79. The van der Waals surface area contributed by atoms with Crippen molar-refractivity contribution in [1.82, 2.24) is 4.98 Å². The Balaban J connectivity index is 1.93. The first-order chi connectivity index (χ1) is 8.36. The molecule has 86 valence electrons. The summed E-state index contributed by atoms with van der Waals surface area (Å²) in [7, 11) is 0. The fourth-order valence-corrected chi connectivity index (χ4v) is 1.44. The van der Waals surface area contributed by atoms with Crippen LogP contribution < -0.4 is 0 Å². The van der Waals surface area contributed by atoms with Crippen LogP contribution in [0.1, 0.15) is 11.1 Å². The minimum absolute atomic E-state index is 0.300. The van der Waals surface area contributed by atoms with Gasteiger partial charge in [-0.3, -0.25) is 4.98 Å². The molecule has 1 heterocycles. The third-order valence-corrected chi connectivity index (χ3v) is 2.41. The van der Waals surface area contributed by atoms with Crippen LogP contribution in [0, 0.1) is 0 Å². The molecule has 0 aliphatic carbocycles. The van der Waals surface area contributed by atoms with Crippen LogP contribution >= 0.6 is 11.6 Å². The molecule has 3 nitrogen and oxygen atoms in total. The fraction of sp³-hybridized carbons (Fsp3) is 0.0769. The van der Waals surface area contributed by atoms with Crippen LogP contribution in [-0.2, 0) is 11.4 Å². The summed E-state index contributed by atoms with van der Waals surface area (Å²) in [6, 6.07) is 13.4. The second kappa shape index (κ2) is 6.01. The Morgan fingerprint density at radius 1 is 1.18 bits per heavy atom. The molecule has 4 heteroatoms. The smallest absolute Gasteiger partial charge is 0.177 e. The standard InChI is InChI=1S/C13H11ClN2O/c14-13(12-7-4-8-15-9-12)16-17-10-11-5-2-1-3-6-11/h1-9H,10H2/b16-13-. The van der Waals surface area contributed by atoms with Gasteiger partial charge in [-0.15, -0.1) is 0 Å². The third-order valence-electron chi connectivity index (χ3n) is 2.12. The van der Waals surface area contributed by atoms with E-state index in [9.17, 15) is 0 Å². The summed E-state index contributed by atoms with van der Waals surface area (Å²) < 4.78 is 0. The Morgan fingerprint density at radius 3 is 2.71 bits per heavy atom. The first-order valence-electron chi connectivity index (χ1n) is 5.16. The Kier molecular flexibility index (Phi) is 4.11. The van der Waals surface area contributed by atoms with Crippen molar-refractivity contribution in [2.75, 3.05) is 0 Å². The fourth-order valence-electron chi connectivity index (χ4n) is 1.28. The highest BCUT2D eigenvalue weighted by Gasteiger charge is 1.99. The number of benzene rings is 1. The minimum Gasteiger partial charge on any atom is -0.390 e. The van der Waals surface area contributed by atoms with Crippen LogP contribution in [0.15, 0.2) is 60.0 Å². The van der Waals surface area contributed by atoms with Gasteiger partial charge in [0.15, 0.2) is 5.17 Å². The summed E-state index contributed by atoms with van der Waals surface area (Å²) >= 11 is 5.96. The van der Waals surface area contributed by atoms with Crippen LogP contribution in [0.3, 0.4) is 0 Å². The van der Waals surface area contributed by atoms with Crippen molar-refractivity contribution in [1.29, 1.82) is 0 Å². The Morgan fingerprint density at radius 2 is 2.00 bits per heavy atom. The van der Waals surface area contributed by atoms with Gasteiger partial charge >= 0.3 is 0 Å². The number of hydrogen-bond acceptors (Lipinski definition) is 3. The molecule has 0 radical (unpaired) electrons. The molecule has 17 heavy (non-hydrogen) atoms. The predicted molar refractivity (Wildman–Crippen MR) is 67.9 cm³/mol. The number of pyridine rings is 1. The van der Waals surface area contributed by atoms with E-state index in [0.29, 0.717) is 11.8 Å². The second-order valence-corrected chi connectivity index (χ2v) is 3.74. The van der Waals surface area contributed by atoms with Crippen LogP contribution in [0.2, 0.25) is 0 Å². The lowest BCUT2D eigenvalue weighted by Crippen LogP contribution is -1.94. The monoisotopic (exact) mass is 246 g/mol. The molecule has 0 spiro atoms. The van der Waals surface area contributed by atoms with Gasteiger partial charge in [-0.2, -0.15) is 0 Å². The highest BCUT2D eigenvalue weighted by atomic mass is 35.5. The average Bonchev–Trinajstić information content (AvgIpc) is 2.41. The summed E-state index contributed by atoms with van der Waals surface area (Å²) in [5, 5.41) is 4.13. The van der Waals surface area contributed by atoms with Gasteiger partial charge in [0.25, 0.3) is 0 Å². The molecule has 2 rings (SSSR count). The molecule has 0 amide bonds. The maximum absolute atomic E-state index is 5.96. The topological polar surface area (TPSA) is 34.5 Å². The lowest BCUT2D eigenvalue weighted by molar-refractivity contribution is 0.131. The highest BCUT2D eigenvalue weighted by Crippen LogP contribution is 2.05. The summed E-state index contributed by atoms with van der Waals surface area (Å²) in [6.07, 6.45) is 3.32. The van der Waals surface area contributed by atoms with E-state index in [1.54, 1.807) is 18.5 Å². The normalized spacial score (nSPS) is 11.2. The van der Waals surface area contributed by atoms with Crippen molar-refractivity contribution in [2.24, 2.45) is 5.16 Å². The summed E-state index contributed by atoms with van der Waals surface area (Å²) in [4.78, 5) is 9.12. The van der Waals surface area contributed by atoms with E-state index in [1.807, 2.05) is 36.4 Å². The zero-order valence-electron chi connectivity index (χ0n) is 9.08. The first-order valence-corrected chi connectivity index (χ1v) is 5.54. The lowest BCUT2D eigenvalue weighted by Gasteiger charge is -2.00. The summed E-state index contributed by atoms with van der Waals surface area (Å²) in [6.45, 7) is 0.400. The molecule has 1 aromatic carbocycles. The zero-order chi connectivity index (χ0) is 11.9. The number of rotatable bonds is 4. The van der Waals surface area contributed by atoms with E-state index >= 15 is 0 Å². The zero-order valence-corrected chi connectivity index (χ0v) is 9.84. The van der Waals surface area contributed by atoms with Crippen LogP contribution in [0.25, 0.3) is 0 Å². The first kappa shape index (κ1) is 11.6. The largest absolute Gasteiger partial charge is 0.390 e. The molecule has 0 bridgehead atoms. The lowest BCUT2D eigenvalue weighted by atomic mass is 10.2. The van der Waals surface area contributed by atoms with Gasteiger partial charge in [0.05, 0.1) is 0 Å². The molecule has 0 aliphatic rings. The number of hydrogen-bond donors (Lipinski definition) is 0. The van der Waals surface area contributed by atoms with Gasteiger partial charge in [0.2, 0.25) is 0 Å². The van der Waals surface area contributed by atoms with Crippen molar-refractivity contribution in [3.63, 3.8) is 0 Å². The van der Waals surface area contributed by atoms with Gasteiger partial charge in [0, 0.05) is 18.0 Å². The van der Waals surface area contributed by atoms with Crippen molar-refractivity contribution in [3.05, 3.63) is 66.0 Å². The predicted octanol–water partition coefficient (Wildman–Crippen LogP) is 3.20. The molecule has 1 aromatic heterocycles. The molecule has 0 saturated heterocycles. The van der Waals surface area contributed by atoms with Crippen LogP contribution in [-0.4, -0.2) is 10.2 Å². The van der Waals surface area contributed by atoms with Crippen molar-refractivity contribution < 1.29 is 4.84 Å². The minimum atomic E-state index is 0.300. The molecule has 0 aliphatic heterocycles. The van der Waals surface area contributed by atoms with E-state index in [2.05, 4.69) is 10.1 Å².